The molecule has 1 aromatic carbocycles. The highest BCUT2D eigenvalue weighted by molar-refractivity contribution is 5.79. The number of benzene rings is 1. The van der Waals surface area contributed by atoms with Gasteiger partial charge in [-0.2, -0.15) is 0 Å². The summed E-state index contributed by atoms with van der Waals surface area (Å²) in [7, 11) is 0. The maximum atomic E-state index is 12.9. The molecule has 0 saturated carbocycles. The largest absolute Gasteiger partial charge is 0.359 e. The number of likely N-dealkylation sites (tertiary alicyclic amines) is 1. The SMILES string of the molecule is CCc1cc(C2CCCN2C(=O)Cc2ccc(F)cc2)on1. The van der Waals surface area contributed by atoms with Crippen LogP contribution in [0.25, 0.3) is 0 Å². The van der Waals surface area contributed by atoms with Gasteiger partial charge in [-0.3, -0.25) is 4.79 Å². The molecule has 22 heavy (non-hydrogen) atoms. The Labute approximate surface area is 128 Å². The van der Waals surface area contributed by atoms with Gasteiger partial charge in [0.15, 0.2) is 5.76 Å². The maximum Gasteiger partial charge on any atom is 0.227 e. The number of nitrogens with zero attached hydrogens (tertiary/aromatic N) is 2. The summed E-state index contributed by atoms with van der Waals surface area (Å²) in [6.07, 6.45) is 2.96. The van der Waals surface area contributed by atoms with Gasteiger partial charge in [0, 0.05) is 12.6 Å². The highest BCUT2D eigenvalue weighted by Gasteiger charge is 2.32. The van der Waals surface area contributed by atoms with Gasteiger partial charge in [0.2, 0.25) is 5.91 Å². The van der Waals surface area contributed by atoms with Crippen molar-refractivity contribution in [3.05, 3.63) is 53.2 Å². The molecule has 0 spiro atoms. The first-order valence-corrected chi connectivity index (χ1v) is 7.66. The number of hydrogen-bond donors (Lipinski definition) is 0. The minimum Gasteiger partial charge on any atom is -0.359 e. The minimum atomic E-state index is -0.288. The van der Waals surface area contributed by atoms with Crippen LogP contribution in [0.3, 0.4) is 0 Å². The molecule has 116 valence electrons. The molecule has 5 heteroatoms. The molecule has 4 nitrogen and oxygen atoms in total. The molecule has 2 aromatic rings. The molecular weight excluding hydrogens is 283 g/mol. The summed E-state index contributed by atoms with van der Waals surface area (Å²) in [5, 5.41) is 4.01. The third-order valence-electron chi connectivity index (χ3n) is 4.11. The molecule has 1 aromatic heterocycles. The van der Waals surface area contributed by atoms with Crippen LogP contribution in [0.5, 0.6) is 0 Å². The first-order valence-electron chi connectivity index (χ1n) is 7.66. The second-order valence-corrected chi connectivity index (χ2v) is 5.62. The molecule has 3 rings (SSSR count). The standard InChI is InChI=1S/C17H19FN2O2/c1-2-14-11-16(22-19-14)15-4-3-9-20(15)17(21)10-12-5-7-13(18)8-6-12/h5-8,11,15H,2-4,9-10H2,1H3. The molecule has 0 aliphatic carbocycles. The molecule has 2 heterocycles. The van der Waals surface area contributed by atoms with Crippen LogP contribution in [0.1, 0.15) is 42.8 Å². The molecule has 1 amide bonds. The van der Waals surface area contributed by atoms with Crippen molar-refractivity contribution < 1.29 is 13.7 Å². The summed E-state index contributed by atoms with van der Waals surface area (Å²) in [5.74, 6) is 0.523. The fraction of sp³-hybridized carbons (Fsp3) is 0.412. The van der Waals surface area contributed by atoms with Gasteiger partial charge in [-0.1, -0.05) is 24.2 Å². The van der Waals surface area contributed by atoms with Crippen LogP contribution in [0.2, 0.25) is 0 Å². The van der Waals surface area contributed by atoms with E-state index in [-0.39, 0.29) is 24.2 Å². The molecule has 1 atom stereocenters. The first-order chi connectivity index (χ1) is 10.7. The third kappa shape index (κ3) is 3.03. The molecule has 1 unspecified atom stereocenters. The summed E-state index contributed by atoms with van der Waals surface area (Å²) in [5.41, 5.74) is 1.73. The Bertz CT molecular complexity index is 651. The third-order valence-corrected chi connectivity index (χ3v) is 4.11. The lowest BCUT2D eigenvalue weighted by atomic mass is 10.1. The molecule has 1 aliphatic heterocycles. The lowest BCUT2D eigenvalue weighted by molar-refractivity contribution is -0.131. The normalized spacial score (nSPS) is 17.9. The van der Waals surface area contributed by atoms with E-state index in [9.17, 15) is 9.18 Å². The minimum absolute atomic E-state index is 0.0271. The van der Waals surface area contributed by atoms with Gasteiger partial charge < -0.3 is 9.42 Å². The number of halogens is 1. The summed E-state index contributed by atoms with van der Waals surface area (Å²) < 4.78 is 18.3. The highest BCUT2D eigenvalue weighted by atomic mass is 19.1. The zero-order valence-electron chi connectivity index (χ0n) is 12.6. The zero-order chi connectivity index (χ0) is 15.5. The quantitative estimate of drug-likeness (QED) is 0.870. The van der Waals surface area contributed by atoms with Gasteiger partial charge in [-0.15, -0.1) is 0 Å². The molecule has 0 radical (unpaired) electrons. The molecule has 1 aliphatic rings. The first kappa shape index (κ1) is 14.8. The number of carbonyl (C=O) groups excluding carboxylic acids is 1. The Morgan fingerprint density at radius 3 is 2.86 bits per heavy atom. The number of aromatic nitrogens is 1. The predicted octanol–water partition coefficient (Wildman–Crippen LogP) is 3.28. The lowest BCUT2D eigenvalue weighted by Crippen LogP contribution is -2.31. The van der Waals surface area contributed by atoms with Crippen molar-refractivity contribution in [1.82, 2.24) is 10.1 Å². The molecule has 1 saturated heterocycles. The van der Waals surface area contributed by atoms with Gasteiger partial charge in [-0.05, 0) is 37.0 Å². The van der Waals surface area contributed by atoms with Crippen molar-refractivity contribution in [2.45, 2.75) is 38.6 Å². The Hall–Kier alpha value is -2.17. The summed E-state index contributed by atoms with van der Waals surface area (Å²) in [6.45, 7) is 2.75. The van der Waals surface area contributed by atoms with Crippen LogP contribution in [-0.4, -0.2) is 22.5 Å². The maximum absolute atomic E-state index is 12.9. The Morgan fingerprint density at radius 1 is 1.41 bits per heavy atom. The monoisotopic (exact) mass is 302 g/mol. The second-order valence-electron chi connectivity index (χ2n) is 5.62. The number of hydrogen-bond acceptors (Lipinski definition) is 3. The Morgan fingerprint density at radius 2 is 2.18 bits per heavy atom. The van der Waals surface area contributed by atoms with Crippen molar-refractivity contribution >= 4 is 5.91 Å². The van der Waals surface area contributed by atoms with E-state index in [1.165, 1.54) is 12.1 Å². The molecule has 0 N–H and O–H groups in total. The van der Waals surface area contributed by atoms with Crippen LogP contribution in [0.4, 0.5) is 4.39 Å². The summed E-state index contributed by atoms with van der Waals surface area (Å²) in [6, 6.07) is 7.99. The fourth-order valence-corrected chi connectivity index (χ4v) is 2.89. The molecule has 1 fully saturated rings. The van der Waals surface area contributed by atoms with Gasteiger partial charge in [0.05, 0.1) is 18.2 Å². The van der Waals surface area contributed by atoms with Gasteiger partial charge in [-0.25, -0.2) is 4.39 Å². The average molecular weight is 302 g/mol. The van der Waals surface area contributed by atoms with Crippen molar-refractivity contribution in [3.8, 4) is 0 Å². The summed E-state index contributed by atoms with van der Waals surface area (Å²) >= 11 is 0. The van der Waals surface area contributed by atoms with E-state index in [2.05, 4.69) is 5.16 Å². The van der Waals surface area contributed by atoms with Crippen LogP contribution < -0.4 is 0 Å². The molecule has 0 bridgehead atoms. The number of rotatable bonds is 4. The topological polar surface area (TPSA) is 46.3 Å². The number of amides is 1. The van der Waals surface area contributed by atoms with E-state index in [0.29, 0.717) is 0 Å². The van der Waals surface area contributed by atoms with Gasteiger partial charge in [0.1, 0.15) is 5.82 Å². The predicted molar refractivity (Wildman–Crippen MR) is 79.7 cm³/mol. The number of carbonyl (C=O) groups is 1. The Kier molecular flexibility index (Phi) is 4.22. The van der Waals surface area contributed by atoms with Crippen LogP contribution in [0, 0.1) is 5.82 Å². The lowest BCUT2D eigenvalue weighted by Gasteiger charge is -2.22. The van der Waals surface area contributed by atoms with Gasteiger partial charge >= 0.3 is 0 Å². The molecular formula is C17H19FN2O2. The fourth-order valence-electron chi connectivity index (χ4n) is 2.89. The van der Waals surface area contributed by atoms with E-state index in [1.807, 2.05) is 17.9 Å². The van der Waals surface area contributed by atoms with Crippen molar-refractivity contribution in [3.63, 3.8) is 0 Å². The van der Waals surface area contributed by atoms with E-state index < -0.39 is 0 Å². The van der Waals surface area contributed by atoms with Crippen LogP contribution >= 0.6 is 0 Å². The Balaban J connectivity index is 1.72. The van der Waals surface area contributed by atoms with E-state index in [1.54, 1.807) is 12.1 Å². The average Bonchev–Trinajstić information content (AvgIpc) is 3.17. The highest BCUT2D eigenvalue weighted by Crippen LogP contribution is 2.32. The zero-order valence-corrected chi connectivity index (χ0v) is 12.6. The van der Waals surface area contributed by atoms with E-state index in [0.717, 1.165) is 42.8 Å². The van der Waals surface area contributed by atoms with E-state index >= 15 is 0 Å². The summed E-state index contributed by atoms with van der Waals surface area (Å²) in [4.78, 5) is 14.4. The van der Waals surface area contributed by atoms with Gasteiger partial charge in [0.25, 0.3) is 0 Å². The van der Waals surface area contributed by atoms with Crippen molar-refractivity contribution in [2.24, 2.45) is 0 Å². The van der Waals surface area contributed by atoms with Crippen molar-refractivity contribution in [2.75, 3.05) is 6.54 Å². The number of aryl methyl sites for hydroxylation is 1. The smallest absolute Gasteiger partial charge is 0.227 e. The van der Waals surface area contributed by atoms with Crippen molar-refractivity contribution in [1.29, 1.82) is 0 Å². The second kappa shape index (κ2) is 6.30. The van der Waals surface area contributed by atoms with Crippen LogP contribution in [0.15, 0.2) is 34.9 Å². The van der Waals surface area contributed by atoms with Crippen LogP contribution in [-0.2, 0) is 17.6 Å². The van der Waals surface area contributed by atoms with E-state index in [4.69, 9.17) is 4.52 Å².